The average molecular weight is 330 g/mol. The highest BCUT2D eigenvalue weighted by Gasteiger charge is 2.43. The summed E-state index contributed by atoms with van der Waals surface area (Å²) >= 11 is 0. The standard InChI is InChI=1S/C17H16F2N4O/c18-12-3-4-13(14(19)9-12)17(5-1-2-6-17)16-21-15(24-22-16)10-23-8-7-20-11-23/h3-4,7-9,11H,1-2,5-6,10H2. The van der Waals surface area contributed by atoms with E-state index in [1.54, 1.807) is 18.7 Å². The van der Waals surface area contributed by atoms with Crippen molar-refractivity contribution in [3.05, 3.63) is 65.8 Å². The first-order valence-electron chi connectivity index (χ1n) is 7.92. The fourth-order valence-electron chi connectivity index (χ4n) is 3.52. The highest BCUT2D eigenvalue weighted by molar-refractivity contribution is 5.35. The van der Waals surface area contributed by atoms with Crippen molar-refractivity contribution in [3.63, 3.8) is 0 Å². The lowest BCUT2D eigenvalue weighted by Gasteiger charge is -2.26. The molecule has 0 spiro atoms. The molecular formula is C17H16F2N4O. The van der Waals surface area contributed by atoms with Crippen molar-refractivity contribution in [3.8, 4) is 0 Å². The Morgan fingerprint density at radius 1 is 1.21 bits per heavy atom. The molecule has 1 aliphatic carbocycles. The Morgan fingerprint density at radius 3 is 2.75 bits per heavy atom. The van der Waals surface area contributed by atoms with Gasteiger partial charge in [-0.25, -0.2) is 13.8 Å². The molecule has 124 valence electrons. The predicted molar refractivity (Wildman–Crippen MR) is 81.2 cm³/mol. The van der Waals surface area contributed by atoms with Crippen molar-refractivity contribution in [1.82, 2.24) is 19.7 Å². The first-order chi connectivity index (χ1) is 11.7. The molecule has 2 heterocycles. The first-order valence-corrected chi connectivity index (χ1v) is 7.92. The number of rotatable bonds is 4. The van der Waals surface area contributed by atoms with Gasteiger partial charge in [-0.1, -0.05) is 24.1 Å². The summed E-state index contributed by atoms with van der Waals surface area (Å²) in [5, 5.41) is 4.11. The van der Waals surface area contributed by atoms with Crippen molar-refractivity contribution in [2.24, 2.45) is 0 Å². The molecule has 5 nitrogen and oxygen atoms in total. The second kappa shape index (κ2) is 5.81. The van der Waals surface area contributed by atoms with Gasteiger partial charge in [-0.15, -0.1) is 0 Å². The molecule has 7 heteroatoms. The van der Waals surface area contributed by atoms with E-state index in [0.29, 0.717) is 23.8 Å². The summed E-state index contributed by atoms with van der Waals surface area (Å²) in [5.41, 5.74) is -0.203. The fourth-order valence-corrected chi connectivity index (χ4v) is 3.52. The van der Waals surface area contributed by atoms with Crippen LogP contribution in [0.3, 0.4) is 0 Å². The number of halogens is 2. The summed E-state index contributed by atoms with van der Waals surface area (Å²) in [7, 11) is 0. The lowest BCUT2D eigenvalue weighted by molar-refractivity contribution is 0.352. The monoisotopic (exact) mass is 330 g/mol. The van der Waals surface area contributed by atoms with E-state index in [2.05, 4.69) is 15.1 Å². The third kappa shape index (κ3) is 2.50. The molecule has 1 aromatic carbocycles. The Bertz CT molecular complexity index is 838. The number of benzene rings is 1. The van der Waals surface area contributed by atoms with Crippen LogP contribution in [0.1, 0.15) is 43.0 Å². The number of imidazole rings is 1. The zero-order valence-electron chi connectivity index (χ0n) is 13.0. The molecule has 1 aliphatic rings. The van der Waals surface area contributed by atoms with Gasteiger partial charge in [-0.05, 0) is 18.9 Å². The van der Waals surface area contributed by atoms with Gasteiger partial charge in [0.15, 0.2) is 5.82 Å². The quantitative estimate of drug-likeness (QED) is 0.735. The van der Waals surface area contributed by atoms with Crippen molar-refractivity contribution < 1.29 is 13.3 Å². The molecule has 4 rings (SSSR count). The average Bonchev–Trinajstić information content (AvgIpc) is 3.28. The van der Waals surface area contributed by atoms with Crippen LogP contribution in [0.25, 0.3) is 0 Å². The summed E-state index contributed by atoms with van der Waals surface area (Å²) in [4.78, 5) is 8.46. The Kier molecular flexibility index (Phi) is 3.63. The van der Waals surface area contributed by atoms with Gasteiger partial charge in [0, 0.05) is 24.0 Å². The molecule has 0 bridgehead atoms. The molecule has 1 fully saturated rings. The molecule has 24 heavy (non-hydrogen) atoms. The lowest BCUT2D eigenvalue weighted by atomic mass is 9.78. The highest BCUT2D eigenvalue weighted by atomic mass is 19.1. The van der Waals surface area contributed by atoms with Gasteiger partial charge in [-0.3, -0.25) is 0 Å². The number of nitrogens with zero attached hydrogens (tertiary/aromatic N) is 4. The van der Waals surface area contributed by atoms with E-state index in [4.69, 9.17) is 4.52 Å². The van der Waals surface area contributed by atoms with Crippen LogP contribution in [0.15, 0.2) is 41.4 Å². The van der Waals surface area contributed by atoms with E-state index >= 15 is 0 Å². The third-order valence-electron chi connectivity index (χ3n) is 4.68. The molecule has 0 amide bonds. The summed E-state index contributed by atoms with van der Waals surface area (Å²) in [6.07, 6.45) is 8.47. The minimum Gasteiger partial charge on any atom is -0.337 e. The molecule has 0 unspecified atom stereocenters. The van der Waals surface area contributed by atoms with E-state index in [9.17, 15) is 8.78 Å². The predicted octanol–water partition coefficient (Wildman–Crippen LogP) is 3.45. The van der Waals surface area contributed by atoms with Crippen molar-refractivity contribution in [1.29, 1.82) is 0 Å². The van der Waals surface area contributed by atoms with Crippen molar-refractivity contribution in [2.75, 3.05) is 0 Å². The molecule has 2 aromatic heterocycles. The summed E-state index contributed by atoms with van der Waals surface area (Å²) in [6.45, 7) is 0.412. The number of hydrogen-bond donors (Lipinski definition) is 0. The molecular weight excluding hydrogens is 314 g/mol. The van der Waals surface area contributed by atoms with Gasteiger partial charge in [0.2, 0.25) is 5.89 Å². The van der Waals surface area contributed by atoms with Crippen LogP contribution in [-0.2, 0) is 12.0 Å². The van der Waals surface area contributed by atoms with Crippen molar-refractivity contribution >= 4 is 0 Å². The summed E-state index contributed by atoms with van der Waals surface area (Å²) < 4.78 is 34.9. The van der Waals surface area contributed by atoms with Gasteiger partial charge in [0.25, 0.3) is 0 Å². The van der Waals surface area contributed by atoms with Crippen LogP contribution < -0.4 is 0 Å². The third-order valence-corrected chi connectivity index (χ3v) is 4.68. The normalized spacial score (nSPS) is 16.6. The molecule has 0 atom stereocenters. The Morgan fingerprint density at radius 2 is 2.04 bits per heavy atom. The fraction of sp³-hybridized carbons (Fsp3) is 0.353. The Labute approximate surface area is 137 Å². The second-order valence-corrected chi connectivity index (χ2v) is 6.16. The van der Waals surface area contributed by atoms with Crippen LogP contribution in [0.5, 0.6) is 0 Å². The smallest absolute Gasteiger partial charge is 0.246 e. The summed E-state index contributed by atoms with van der Waals surface area (Å²) in [6, 6.07) is 3.70. The molecule has 3 aromatic rings. The molecule has 0 N–H and O–H groups in total. The minimum absolute atomic E-state index is 0.412. The number of aromatic nitrogens is 4. The molecule has 0 saturated heterocycles. The lowest BCUT2D eigenvalue weighted by Crippen LogP contribution is -2.27. The Hall–Kier alpha value is -2.57. The SMILES string of the molecule is Fc1ccc(C2(c3noc(Cn4ccnc4)n3)CCCC2)c(F)c1. The zero-order valence-corrected chi connectivity index (χ0v) is 13.0. The topological polar surface area (TPSA) is 56.7 Å². The Balaban J connectivity index is 1.72. The molecule has 1 saturated carbocycles. The van der Waals surface area contributed by atoms with Crippen molar-refractivity contribution in [2.45, 2.75) is 37.6 Å². The van der Waals surface area contributed by atoms with E-state index in [1.807, 2.05) is 4.57 Å². The zero-order chi connectivity index (χ0) is 16.6. The van der Waals surface area contributed by atoms with Gasteiger partial charge in [0.1, 0.15) is 18.2 Å². The molecule has 0 aliphatic heterocycles. The second-order valence-electron chi connectivity index (χ2n) is 6.16. The van der Waals surface area contributed by atoms with Crippen LogP contribution in [0.2, 0.25) is 0 Å². The van der Waals surface area contributed by atoms with Gasteiger partial charge < -0.3 is 9.09 Å². The largest absolute Gasteiger partial charge is 0.337 e. The maximum Gasteiger partial charge on any atom is 0.246 e. The minimum atomic E-state index is -0.644. The van der Waals surface area contributed by atoms with Gasteiger partial charge >= 0.3 is 0 Å². The highest BCUT2D eigenvalue weighted by Crippen LogP contribution is 2.46. The van der Waals surface area contributed by atoms with Gasteiger partial charge in [0.05, 0.1) is 11.7 Å². The van der Waals surface area contributed by atoms with Crippen LogP contribution >= 0.6 is 0 Å². The van der Waals surface area contributed by atoms with E-state index in [1.165, 1.54) is 12.1 Å². The van der Waals surface area contributed by atoms with E-state index in [0.717, 1.165) is 31.7 Å². The van der Waals surface area contributed by atoms with Crippen LogP contribution in [-0.4, -0.2) is 19.7 Å². The maximum absolute atomic E-state index is 14.4. The van der Waals surface area contributed by atoms with Gasteiger partial charge in [-0.2, -0.15) is 4.98 Å². The summed E-state index contributed by atoms with van der Waals surface area (Å²) in [5.74, 6) is -0.228. The maximum atomic E-state index is 14.4. The number of hydrogen-bond acceptors (Lipinski definition) is 4. The van der Waals surface area contributed by atoms with E-state index < -0.39 is 17.0 Å². The van der Waals surface area contributed by atoms with Crippen LogP contribution in [0, 0.1) is 11.6 Å². The molecule has 0 radical (unpaired) electrons. The van der Waals surface area contributed by atoms with Crippen LogP contribution in [0.4, 0.5) is 8.78 Å². The first kappa shape index (κ1) is 15.0. The van der Waals surface area contributed by atoms with E-state index in [-0.39, 0.29) is 0 Å².